The number of halogens is 1. The zero-order chi connectivity index (χ0) is 8.10. The van der Waals surface area contributed by atoms with E-state index in [1.54, 1.807) is 25.6 Å². The Bertz CT molecular complexity index is 229. The molecule has 0 fully saturated rings. The van der Waals surface area contributed by atoms with Crippen molar-refractivity contribution in [3.05, 3.63) is 22.9 Å². The van der Waals surface area contributed by atoms with Gasteiger partial charge in [-0.05, 0) is 22.0 Å². The van der Waals surface area contributed by atoms with Crippen LogP contribution >= 0.6 is 15.9 Å². The molecule has 11 heavy (non-hydrogen) atoms. The molecule has 0 saturated heterocycles. The normalized spacial score (nSPS) is 9.64. The van der Waals surface area contributed by atoms with Gasteiger partial charge in [0, 0.05) is 19.5 Å². The van der Waals surface area contributed by atoms with E-state index >= 15 is 0 Å². The van der Waals surface area contributed by atoms with Gasteiger partial charge in [0.15, 0.2) is 6.79 Å². The van der Waals surface area contributed by atoms with Crippen molar-refractivity contribution in [2.75, 3.05) is 13.9 Å². The highest BCUT2D eigenvalue weighted by atomic mass is 79.9. The Morgan fingerprint density at radius 3 is 3.09 bits per heavy atom. The highest BCUT2D eigenvalue weighted by Gasteiger charge is 1.97. The molecule has 0 spiro atoms. The average molecular weight is 218 g/mol. The predicted molar refractivity (Wildman–Crippen MR) is 44.4 cm³/mol. The van der Waals surface area contributed by atoms with E-state index in [0.29, 0.717) is 0 Å². The van der Waals surface area contributed by atoms with E-state index < -0.39 is 0 Å². The van der Waals surface area contributed by atoms with Gasteiger partial charge in [0.2, 0.25) is 0 Å². The van der Waals surface area contributed by atoms with Crippen LogP contribution in [-0.2, 0) is 4.74 Å². The molecule has 0 amide bonds. The average Bonchev–Trinajstić information content (AvgIpc) is 2.03. The van der Waals surface area contributed by atoms with Gasteiger partial charge in [-0.15, -0.1) is 0 Å². The van der Waals surface area contributed by atoms with Crippen molar-refractivity contribution in [2.24, 2.45) is 0 Å². The van der Waals surface area contributed by atoms with Crippen molar-refractivity contribution >= 4 is 15.9 Å². The van der Waals surface area contributed by atoms with Gasteiger partial charge in [0.1, 0.15) is 5.75 Å². The van der Waals surface area contributed by atoms with Crippen LogP contribution in [0.15, 0.2) is 22.9 Å². The third-order valence-corrected chi connectivity index (χ3v) is 1.66. The summed E-state index contributed by atoms with van der Waals surface area (Å²) >= 11 is 3.28. The smallest absolute Gasteiger partial charge is 0.188 e. The maximum Gasteiger partial charge on any atom is 0.188 e. The van der Waals surface area contributed by atoms with Gasteiger partial charge in [-0.3, -0.25) is 4.98 Å². The van der Waals surface area contributed by atoms with Crippen LogP contribution in [0, 0.1) is 0 Å². The van der Waals surface area contributed by atoms with Crippen LogP contribution in [0.2, 0.25) is 0 Å². The molecule has 3 nitrogen and oxygen atoms in total. The zero-order valence-corrected chi connectivity index (χ0v) is 7.67. The molecule has 1 aromatic rings. The minimum Gasteiger partial charge on any atom is -0.466 e. The highest BCUT2D eigenvalue weighted by Crippen LogP contribution is 2.22. The number of rotatable bonds is 3. The van der Waals surface area contributed by atoms with Crippen LogP contribution in [-0.4, -0.2) is 18.9 Å². The maximum absolute atomic E-state index is 5.18. The van der Waals surface area contributed by atoms with E-state index in [9.17, 15) is 0 Å². The molecule has 0 aliphatic rings. The van der Waals surface area contributed by atoms with Crippen molar-refractivity contribution in [3.8, 4) is 5.75 Å². The number of aromatic nitrogens is 1. The van der Waals surface area contributed by atoms with Crippen LogP contribution in [0.5, 0.6) is 5.75 Å². The predicted octanol–water partition coefficient (Wildman–Crippen LogP) is 1.83. The Kier molecular flexibility index (Phi) is 3.32. The SMILES string of the molecule is COCOc1ccncc1Br. The highest BCUT2D eigenvalue weighted by molar-refractivity contribution is 9.10. The molecular weight excluding hydrogens is 210 g/mol. The lowest BCUT2D eigenvalue weighted by Crippen LogP contribution is -1.99. The first-order chi connectivity index (χ1) is 5.34. The fourth-order valence-corrected chi connectivity index (χ4v) is 0.967. The lowest BCUT2D eigenvalue weighted by molar-refractivity contribution is 0.0505. The number of hydrogen-bond donors (Lipinski definition) is 0. The zero-order valence-electron chi connectivity index (χ0n) is 6.08. The summed E-state index contributed by atoms with van der Waals surface area (Å²) < 4.78 is 10.7. The molecular formula is C7H8BrNO2. The number of methoxy groups -OCH3 is 1. The van der Waals surface area contributed by atoms with Crippen molar-refractivity contribution in [3.63, 3.8) is 0 Å². The molecule has 0 aromatic carbocycles. The second-order valence-corrected chi connectivity index (χ2v) is 2.71. The van der Waals surface area contributed by atoms with Crippen LogP contribution in [0.3, 0.4) is 0 Å². The summed E-state index contributed by atoms with van der Waals surface area (Å²) in [6.45, 7) is 0.253. The van der Waals surface area contributed by atoms with Crippen molar-refractivity contribution in [1.29, 1.82) is 0 Å². The molecule has 60 valence electrons. The van der Waals surface area contributed by atoms with E-state index in [1.165, 1.54) is 0 Å². The van der Waals surface area contributed by atoms with Gasteiger partial charge in [0.05, 0.1) is 4.47 Å². The summed E-state index contributed by atoms with van der Waals surface area (Å²) in [5.74, 6) is 0.738. The summed E-state index contributed by atoms with van der Waals surface area (Å²) in [7, 11) is 1.58. The van der Waals surface area contributed by atoms with Gasteiger partial charge in [-0.1, -0.05) is 0 Å². The maximum atomic E-state index is 5.18. The topological polar surface area (TPSA) is 31.4 Å². The Morgan fingerprint density at radius 1 is 1.64 bits per heavy atom. The van der Waals surface area contributed by atoms with Crippen LogP contribution < -0.4 is 4.74 Å². The molecule has 0 unspecified atom stereocenters. The van der Waals surface area contributed by atoms with Crippen LogP contribution in [0.25, 0.3) is 0 Å². The largest absolute Gasteiger partial charge is 0.466 e. The van der Waals surface area contributed by atoms with E-state index in [4.69, 9.17) is 9.47 Å². The van der Waals surface area contributed by atoms with E-state index in [2.05, 4.69) is 20.9 Å². The van der Waals surface area contributed by atoms with Gasteiger partial charge >= 0.3 is 0 Å². The molecule has 0 N–H and O–H groups in total. The lowest BCUT2D eigenvalue weighted by Gasteiger charge is -2.04. The second kappa shape index (κ2) is 4.31. The fraction of sp³-hybridized carbons (Fsp3) is 0.286. The second-order valence-electron chi connectivity index (χ2n) is 1.86. The van der Waals surface area contributed by atoms with Gasteiger partial charge in [-0.25, -0.2) is 0 Å². The molecule has 1 heterocycles. The molecule has 0 bridgehead atoms. The van der Waals surface area contributed by atoms with E-state index in [0.717, 1.165) is 10.2 Å². The third kappa shape index (κ3) is 2.48. The molecule has 0 radical (unpaired) electrons. The minimum absolute atomic E-state index is 0.253. The molecule has 1 rings (SSSR count). The summed E-state index contributed by atoms with van der Waals surface area (Å²) in [4.78, 5) is 3.89. The summed E-state index contributed by atoms with van der Waals surface area (Å²) in [5, 5.41) is 0. The van der Waals surface area contributed by atoms with Gasteiger partial charge < -0.3 is 9.47 Å². The lowest BCUT2D eigenvalue weighted by atomic mass is 10.5. The van der Waals surface area contributed by atoms with Crippen LogP contribution in [0.4, 0.5) is 0 Å². The van der Waals surface area contributed by atoms with E-state index in [-0.39, 0.29) is 6.79 Å². The summed E-state index contributed by atoms with van der Waals surface area (Å²) in [5.41, 5.74) is 0. The van der Waals surface area contributed by atoms with Crippen LogP contribution in [0.1, 0.15) is 0 Å². The van der Waals surface area contributed by atoms with E-state index in [1.807, 2.05) is 0 Å². The number of pyridine rings is 1. The first-order valence-electron chi connectivity index (χ1n) is 3.06. The first kappa shape index (κ1) is 8.49. The quantitative estimate of drug-likeness (QED) is 0.725. The fourth-order valence-electron chi connectivity index (χ4n) is 0.602. The minimum atomic E-state index is 0.253. The van der Waals surface area contributed by atoms with Gasteiger partial charge in [0.25, 0.3) is 0 Å². The third-order valence-electron chi connectivity index (χ3n) is 1.07. The number of hydrogen-bond acceptors (Lipinski definition) is 3. The Labute approximate surface area is 73.5 Å². The summed E-state index contributed by atoms with van der Waals surface area (Å²) in [6, 6.07) is 1.77. The molecule has 0 aliphatic heterocycles. The molecule has 1 aromatic heterocycles. The van der Waals surface area contributed by atoms with Crippen molar-refractivity contribution < 1.29 is 9.47 Å². The van der Waals surface area contributed by atoms with Gasteiger partial charge in [-0.2, -0.15) is 0 Å². The molecule has 0 aliphatic carbocycles. The number of ether oxygens (including phenoxy) is 2. The number of nitrogens with zero attached hydrogens (tertiary/aromatic N) is 1. The summed E-state index contributed by atoms with van der Waals surface area (Å²) in [6.07, 6.45) is 3.33. The Balaban J connectivity index is 2.62. The van der Waals surface area contributed by atoms with Crippen molar-refractivity contribution in [2.45, 2.75) is 0 Å². The standard InChI is InChI=1S/C7H8BrNO2/c1-10-5-11-7-2-3-9-4-6(7)8/h2-4H,5H2,1H3. The Hall–Kier alpha value is -0.610. The van der Waals surface area contributed by atoms with Crippen molar-refractivity contribution in [1.82, 2.24) is 4.98 Å². The molecule has 0 atom stereocenters. The molecule has 0 saturated carbocycles. The Morgan fingerprint density at radius 2 is 2.45 bits per heavy atom. The first-order valence-corrected chi connectivity index (χ1v) is 3.85. The monoisotopic (exact) mass is 217 g/mol. The molecule has 4 heteroatoms.